The van der Waals surface area contributed by atoms with E-state index in [0.29, 0.717) is 31.1 Å². The van der Waals surface area contributed by atoms with Crippen molar-refractivity contribution in [2.24, 2.45) is 0 Å². The van der Waals surface area contributed by atoms with Crippen molar-refractivity contribution in [2.45, 2.75) is 0 Å². The summed E-state index contributed by atoms with van der Waals surface area (Å²) in [5.74, 6) is 0.416. The highest BCUT2D eigenvalue weighted by Crippen LogP contribution is 2.20. The summed E-state index contributed by atoms with van der Waals surface area (Å²) in [4.78, 5) is 14.4. The first-order valence-corrected chi connectivity index (χ1v) is 7.13. The third kappa shape index (κ3) is 3.30. The summed E-state index contributed by atoms with van der Waals surface area (Å²) < 4.78 is 5.06. The lowest BCUT2D eigenvalue weighted by Crippen LogP contribution is -2.35. The minimum Gasteiger partial charge on any atom is -0.383 e. The van der Waals surface area contributed by atoms with E-state index in [2.05, 4.69) is 0 Å². The summed E-state index contributed by atoms with van der Waals surface area (Å²) in [6, 6.07) is 13.7. The first kappa shape index (κ1) is 14.8. The van der Waals surface area contributed by atoms with E-state index >= 15 is 0 Å². The van der Waals surface area contributed by atoms with Gasteiger partial charge in [-0.05, 0) is 16.8 Å². The first-order chi connectivity index (χ1) is 9.77. The van der Waals surface area contributed by atoms with Crippen LogP contribution in [0.5, 0.6) is 0 Å². The SMILES string of the molecule is COCCN(CCCl)C(=O)c1cccc2ccccc12. The zero-order chi connectivity index (χ0) is 14.4. The van der Waals surface area contributed by atoms with Gasteiger partial charge in [0.1, 0.15) is 0 Å². The summed E-state index contributed by atoms with van der Waals surface area (Å²) in [5, 5.41) is 2.04. The van der Waals surface area contributed by atoms with Gasteiger partial charge < -0.3 is 9.64 Å². The Labute approximate surface area is 124 Å². The van der Waals surface area contributed by atoms with Crippen LogP contribution in [0, 0.1) is 0 Å². The fraction of sp³-hybridized carbons (Fsp3) is 0.312. The van der Waals surface area contributed by atoms with Crippen LogP contribution in [0.1, 0.15) is 10.4 Å². The molecule has 0 radical (unpaired) electrons. The van der Waals surface area contributed by atoms with Gasteiger partial charge in [-0.15, -0.1) is 11.6 Å². The molecule has 2 aromatic rings. The molecule has 0 aromatic heterocycles. The monoisotopic (exact) mass is 291 g/mol. The van der Waals surface area contributed by atoms with Crippen molar-refractivity contribution in [3.63, 3.8) is 0 Å². The van der Waals surface area contributed by atoms with Gasteiger partial charge in [-0.1, -0.05) is 36.4 Å². The lowest BCUT2D eigenvalue weighted by Gasteiger charge is -2.22. The van der Waals surface area contributed by atoms with Gasteiger partial charge in [0.05, 0.1) is 6.61 Å². The number of benzene rings is 2. The maximum absolute atomic E-state index is 12.7. The number of hydrogen-bond acceptors (Lipinski definition) is 2. The molecule has 3 nitrogen and oxygen atoms in total. The Morgan fingerprint density at radius 2 is 1.90 bits per heavy atom. The molecular formula is C16H18ClNO2. The van der Waals surface area contributed by atoms with Crippen molar-refractivity contribution in [1.29, 1.82) is 0 Å². The number of ether oxygens (including phenoxy) is 1. The van der Waals surface area contributed by atoms with Crippen molar-refractivity contribution in [3.8, 4) is 0 Å². The maximum Gasteiger partial charge on any atom is 0.254 e. The second kappa shape index (κ2) is 7.27. The number of nitrogens with zero attached hydrogens (tertiary/aromatic N) is 1. The van der Waals surface area contributed by atoms with Crippen LogP contribution in [-0.2, 0) is 4.74 Å². The third-order valence-corrected chi connectivity index (χ3v) is 3.40. The first-order valence-electron chi connectivity index (χ1n) is 6.60. The van der Waals surface area contributed by atoms with Crippen LogP contribution in [0.3, 0.4) is 0 Å². The Hall–Kier alpha value is -1.58. The molecule has 2 rings (SSSR count). The smallest absolute Gasteiger partial charge is 0.254 e. The van der Waals surface area contributed by atoms with E-state index in [1.807, 2.05) is 42.5 Å². The van der Waals surface area contributed by atoms with Crippen LogP contribution in [0.4, 0.5) is 0 Å². The summed E-state index contributed by atoms with van der Waals surface area (Å²) in [5.41, 5.74) is 0.712. The summed E-state index contributed by atoms with van der Waals surface area (Å²) in [7, 11) is 1.63. The summed E-state index contributed by atoms with van der Waals surface area (Å²) in [6.07, 6.45) is 0. The molecule has 0 aliphatic rings. The topological polar surface area (TPSA) is 29.5 Å². The van der Waals surface area contributed by atoms with Crippen molar-refractivity contribution in [3.05, 3.63) is 48.0 Å². The maximum atomic E-state index is 12.7. The molecule has 0 saturated carbocycles. The Morgan fingerprint density at radius 3 is 2.65 bits per heavy atom. The van der Waals surface area contributed by atoms with Crippen molar-refractivity contribution in [2.75, 3.05) is 32.7 Å². The number of rotatable bonds is 6. The molecule has 106 valence electrons. The van der Waals surface area contributed by atoms with Crippen LogP contribution >= 0.6 is 11.6 Å². The summed E-state index contributed by atoms with van der Waals surface area (Å²) in [6.45, 7) is 1.58. The van der Waals surface area contributed by atoms with Gasteiger partial charge >= 0.3 is 0 Å². The van der Waals surface area contributed by atoms with E-state index in [1.165, 1.54) is 0 Å². The number of carbonyl (C=O) groups excluding carboxylic acids is 1. The molecule has 0 saturated heterocycles. The number of methoxy groups -OCH3 is 1. The Kier molecular flexibility index (Phi) is 5.39. The molecule has 0 atom stereocenters. The van der Waals surface area contributed by atoms with Gasteiger partial charge in [0.25, 0.3) is 5.91 Å². The fourth-order valence-corrected chi connectivity index (χ4v) is 2.40. The van der Waals surface area contributed by atoms with Crippen LogP contribution in [0.25, 0.3) is 10.8 Å². The molecule has 4 heteroatoms. The molecular weight excluding hydrogens is 274 g/mol. The van der Waals surface area contributed by atoms with Gasteiger partial charge in [-0.3, -0.25) is 4.79 Å². The predicted molar refractivity (Wildman–Crippen MR) is 82.4 cm³/mol. The standard InChI is InChI=1S/C16H18ClNO2/c1-20-12-11-18(10-9-17)16(19)15-8-4-6-13-5-2-3-7-14(13)15/h2-8H,9-12H2,1H3. The molecule has 0 fully saturated rings. The van der Waals surface area contributed by atoms with Gasteiger partial charge in [-0.25, -0.2) is 0 Å². The molecule has 1 amide bonds. The molecule has 0 spiro atoms. The van der Waals surface area contributed by atoms with Crippen molar-refractivity contribution < 1.29 is 9.53 Å². The van der Waals surface area contributed by atoms with E-state index in [0.717, 1.165) is 10.8 Å². The number of amides is 1. The second-order valence-corrected chi connectivity index (χ2v) is 4.88. The minimum absolute atomic E-state index is 0.000463. The quantitative estimate of drug-likeness (QED) is 0.765. The summed E-state index contributed by atoms with van der Waals surface area (Å²) >= 11 is 5.79. The molecule has 0 aliphatic heterocycles. The second-order valence-electron chi connectivity index (χ2n) is 4.50. The van der Waals surface area contributed by atoms with Gasteiger partial charge in [0.2, 0.25) is 0 Å². The minimum atomic E-state index is -0.000463. The predicted octanol–water partition coefficient (Wildman–Crippen LogP) is 3.17. The van der Waals surface area contributed by atoms with E-state index in [1.54, 1.807) is 12.0 Å². The van der Waals surface area contributed by atoms with E-state index in [4.69, 9.17) is 16.3 Å². The highest BCUT2D eigenvalue weighted by atomic mass is 35.5. The van der Waals surface area contributed by atoms with E-state index in [9.17, 15) is 4.79 Å². The van der Waals surface area contributed by atoms with Gasteiger partial charge in [0, 0.05) is 31.6 Å². The highest BCUT2D eigenvalue weighted by molar-refractivity contribution is 6.18. The van der Waals surface area contributed by atoms with Crippen LogP contribution in [0.15, 0.2) is 42.5 Å². The average molecular weight is 292 g/mol. The number of hydrogen-bond donors (Lipinski definition) is 0. The molecule has 0 unspecified atom stereocenters. The third-order valence-electron chi connectivity index (χ3n) is 3.23. The number of fused-ring (bicyclic) bond motifs is 1. The van der Waals surface area contributed by atoms with Crippen molar-refractivity contribution in [1.82, 2.24) is 4.90 Å². The van der Waals surface area contributed by atoms with Gasteiger partial charge in [0.15, 0.2) is 0 Å². The molecule has 0 N–H and O–H groups in total. The lowest BCUT2D eigenvalue weighted by atomic mass is 10.0. The molecule has 20 heavy (non-hydrogen) atoms. The zero-order valence-electron chi connectivity index (χ0n) is 11.5. The normalized spacial score (nSPS) is 10.7. The Balaban J connectivity index is 2.33. The van der Waals surface area contributed by atoms with E-state index in [-0.39, 0.29) is 5.91 Å². The molecule has 0 aliphatic carbocycles. The molecule has 0 bridgehead atoms. The Morgan fingerprint density at radius 1 is 1.15 bits per heavy atom. The van der Waals surface area contributed by atoms with Crippen LogP contribution < -0.4 is 0 Å². The van der Waals surface area contributed by atoms with Crippen molar-refractivity contribution >= 4 is 28.3 Å². The zero-order valence-corrected chi connectivity index (χ0v) is 12.3. The Bertz CT molecular complexity index is 580. The lowest BCUT2D eigenvalue weighted by molar-refractivity contribution is 0.0709. The average Bonchev–Trinajstić information content (AvgIpc) is 2.50. The van der Waals surface area contributed by atoms with Crippen LogP contribution in [-0.4, -0.2) is 43.5 Å². The number of halogens is 1. The molecule has 2 aromatic carbocycles. The van der Waals surface area contributed by atoms with E-state index < -0.39 is 0 Å². The number of carbonyl (C=O) groups is 1. The fourth-order valence-electron chi connectivity index (χ4n) is 2.20. The highest BCUT2D eigenvalue weighted by Gasteiger charge is 2.17. The molecule has 0 heterocycles. The van der Waals surface area contributed by atoms with Gasteiger partial charge in [-0.2, -0.15) is 0 Å². The van der Waals surface area contributed by atoms with Crippen LogP contribution in [0.2, 0.25) is 0 Å². The largest absolute Gasteiger partial charge is 0.383 e. The number of alkyl halides is 1.